The first-order valence-electron chi connectivity index (χ1n) is 13.5. The molecule has 40 heavy (non-hydrogen) atoms. The van der Waals surface area contributed by atoms with E-state index < -0.39 is 48.3 Å². The fourth-order valence-corrected chi connectivity index (χ4v) is 4.57. The van der Waals surface area contributed by atoms with Crippen LogP contribution < -0.4 is 5.32 Å². The Morgan fingerprint density at radius 1 is 0.950 bits per heavy atom. The highest BCUT2D eigenvalue weighted by Gasteiger charge is 2.41. The summed E-state index contributed by atoms with van der Waals surface area (Å²) in [6, 6.07) is 16.0. The number of benzene rings is 2. The van der Waals surface area contributed by atoms with Crippen molar-refractivity contribution in [3.05, 3.63) is 78.0 Å². The average Bonchev–Trinajstić information content (AvgIpc) is 2.93. The largest absolute Gasteiger partial charge is 0.457 e. The van der Waals surface area contributed by atoms with Gasteiger partial charge in [0.05, 0.1) is 11.8 Å². The van der Waals surface area contributed by atoms with Gasteiger partial charge in [0.15, 0.2) is 0 Å². The Bertz CT molecular complexity index is 1260. The summed E-state index contributed by atoms with van der Waals surface area (Å²) in [7, 11) is 0. The molecule has 0 saturated heterocycles. The van der Waals surface area contributed by atoms with Gasteiger partial charge in [-0.2, -0.15) is 0 Å². The summed E-state index contributed by atoms with van der Waals surface area (Å²) in [5, 5.41) is 2.66. The maximum absolute atomic E-state index is 13.9. The lowest BCUT2D eigenvalue weighted by molar-refractivity contribution is -0.157. The second-order valence-electron chi connectivity index (χ2n) is 10.2. The van der Waals surface area contributed by atoms with Gasteiger partial charge in [0.1, 0.15) is 18.6 Å². The number of rotatable bonds is 11. The number of ketones is 1. The van der Waals surface area contributed by atoms with E-state index >= 15 is 0 Å². The van der Waals surface area contributed by atoms with Crippen LogP contribution in [0.3, 0.4) is 0 Å². The molecule has 3 rings (SSSR count). The number of carbonyl (C=O) groups is 5. The van der Waals surface area contributed by atoms with E-state index in [2.05, 4.69) is 5.32 Å². The molecule has 3 amide bonds. The van der Waals surface area contributed by atoms with Gasteiger partial charge >= 0.3 is 5.97 Å². The zero-order chi connectivity index (χ0) is 29.4. The van der Waals surface area contributed by atoms with E-state index in [1.165, 1.54) is 16.7 Å². The number of nitrogens with zero attached hydrogens (tertiary/aromatic N) is 2. The van der Waals surface area contributed by atoms with Crippen LogP contribution in [-0.4, -0.2) is 64.0 Å². The first-order valence-corrected chi connectivity index (χ1v) is 13.5. The van der Waals surface area contributed by atoms with Crippen molar-refractivity contribution >= 4 is 35.2 Å². The predicted octanol–water partition coefficient (Wildman–Crippen LogP) is 3.34. The minimum atomic E-state index is -1.19. The maximum atomic E-state index is 13.9. The number of hydrogen-bond acceptors (Lipinski definition) is 6. The van der Waals surface area contributed by atoms with Gasteiger partial charge in [-0.05, 0) is 30.9 Å². The van der Waals surface area contributed by atoms with Gasteiger partial charge in [0, 0.05) is 19.5 Å². The van der Waals surface area contributed by atoms with E-state index in [-0.39, 0.29) is 18.2 Å². The third-order valence-electron chi connectivity index (χ3n) is 6.77. The maximum Gasteiger partial charge on any atom is 0.377 e. The van der Waals surface area contributed by atoms with E-state index in [1.807, 2.05) is 26.0 Å². The molecule has 0 spiro atoms. The topological polar surface area (TPSA) is 113 Å². The summed E-state index contributed by atoms with van der Waals surface area (Å²) in [6.07, 6.45) is 1.81. The third kappa shape index (κ3) is 7.43. The molecule has 1 N–H and O–H groups in total. The quantitative estimate of drug-likeness (QED) is 0.341. The fraction of sp³-hybridized carbons (Fsp3) is 0.387. The molecule has 0 aromatic heterocycles. The van der Waals surface area contributed by atoms with Crippen LogP contribution in [0.2, 0.25) is 0 Å². The molecule has 3 atom stereocenters. The van der Waals surface area contributed by atoms with E-state index in [0.717, 1.165) is 5.56 Å². The second kappa shape index (κ2) is 13.7. The molecular formula is C31H37N3O6. The molecule has 0 saturated carbocycles. The molecule has 2 aromatic carbocycles. The molecule has 212 valence electrons. The Kier molecular flexibility index (Phi) is 10.4. The van der Waals surface area contributed by atoms with Gasteiger partial charge in [-0.3, -0.25) is 24.1 Å². The van der Waals surface area contributed by atoms with Crippen molar-refractivity contribution in [3.63, 3.8) is 0 Å². The summed E-state index contributed by atoms with van der Waals surface area (Å²) >= 11 is 0. The molecule has 1 aliphatic heterocycles. The van der Waals surface area contributed by atoms with E-state index in [1.54, 1.807) is 68.6 Å². The van der Waals surface area contributed by atoms with Crippen LogP contribution in [0.4, 0.5) is 0 Å². The van der Waals surface area contributed by atoms with Crippen molar-refractivity contribution in [2.45, 2.75) is 65.6 Å². The Hall–Kier alpha value is -4.27. The molecule has 0 fully saturated rings. The summed E-state index contributed by atoms with van der Waals surface area (Å²) in [5.41, 5.74) is 1.78. The smallest absolute Gasteiger partial charge is 0.377 e. The molecular weight excluding hydrogens is 510 g/mol. The van der Waals surface area contributed by atoms with Crippen LogP contribution in [-0.2, 0) is 35.1 Å². The third-order valence-corrected chi connectivity index (χ3v) is 6.77. The minimum Gasteiger partial charge on any atom is -0.457 e. The summed E-state index contributed by atoms with van der Waals surface area (Å²) in [4.78, 5) is 68.1. The van der Waals surface area contributed by atoms with E-state index in [4.69, 9.17) is 4.74 Å². The van der Waals surface area contributed by atoms with E-state index in [9.17, 15) is 24.0 Å². The highest BCUT2D eigenvalue weighted by atomic mass is 16.5. The zero-order valence-electron chi connectivity index (χ0n) is 23.6. The molecule has 2 unspecified atom stereocenters. The highest BCUT2D eigenvalue weighted by molar-refractivity contribution is 6.36. The molecule has 9 heteroatoms. The summed E-state index contributed by atoms with van der Waals surface area (Å²) < 4.78 is 5.09. The summed E-state index contributed by atoms with van der Waals surface area (Å²) in [6.45, 7) is 8.07. The predicted molar refractivity (Wildman–Crippen MR) is 150 cm³/mol. The lowest BCUT2D eigenvalue weighted by Crippen LogP contribution is -2.57. The van der Waals surface area contributed by atoms with Crippen LogP contribution >= 0.6 is 0 Å². The van der Waals surface area contributed by atoms with Gasteiger partial charge in [-0.15, -0.1) is 0 Å². The van der Waals surface area contributed by atoms with Gasteiger partial charge in [0.25, 0.3) is 11.7 Å². The molecule has 0 aliphatic carbocycles. The van der Waals surface area contributed by atoms with Gasteiger partial charge < -0.3 is 15.0 Å². The monoisotopic (exact) mass is 547 g/mol. The lowest BCUT2D eigenvalue weighted by Gasteiger charge is -2.41. The number of amides is 3. The highest BCUT2D eigenvalue weighted by Crippen LogP contribution is 2.31. The number of esters is 1. The van der Waals surface area contributed by atoms with Crippen LogP contribution in [0, 0.1) is 5.92 Å². The van der Waals surface area contributed by atoms with Crippen LogP contribution in [0.25, 0.3) is 5.70 Å². The first-order chi connectivity index (χ1) is 19.0. The molecule has 0 radical (unpaired) electrons. The lowest BCUT2D eigenvalue weighted by atomic mass is 9.93. The molecule has 9 nitrogen and oxygen atoms in total. The number of nitrogens with one attached hydrogen (secondary N) is 1. The number of Topliss-reactive ketones (excluding diaryl/α,β-unsaturated/α-hetero) is 1. The van der Waals surface area contributed by atoms with Gasteiger partial charge in [0.2, 0.25) is 11.8 Å². The van der Waals surface area contributed by atoms with Gasteiger partial charge in [-0.25, -0.2) is 4.79 Å². The van der Waals surface area contributed by atoms with Crippen molar-refractivity contribution < 1.29 is 28.7 Å². The van der Waals surface area contributed by atoms with Crippen molar-refractivity contribution in [3.8, 4) is 0 Å². The fourth-order valence-electron chi connectivity index (χ4n) is 4.57. The van der Waals surface area contributed by atoms with Crippen molar-refractivity contribution in [2.24, 2.45) is 5.92 Å². The van der Waals surface area contributed by atoms with Crippen molar-refractivity contribution in [2.75, 3.05) is 6.54 Å². The normalized spacial score (nSPS) is 16.7. The second-order valence-corrected chi connectivity index (χ2v) is 10.2. The van der Waals surface area contributed by atoms with E-state index in [0.29, 0.717) is 17.7 Å². The van der Waals surface area contributed by atoms with Crippen LogP contribution in [0.1, 0.15) is 52.2 Å². The minimum absolute atomic E-state index is 0.0710. The SMILES string of the molecule is CCC(C)C1C(=O)N(CC(=O)N[C@@H](Cc2ccccc2)C(=O)C(=O)OC(C)C)C(c2ccccc2)=CN1C(C)=O. The Labute approximate surface area is 235 Å². The standard InChI is InChI=1S/C31H37N3O6/c1-6-21(4)28-30(38)34(26(18-33(28)22(5)35)24-15-11-8-12-16-24)19-27(36)32-25(17-23-13-9-7-10-14-23)29(37)31(39)40-20(2)3/h7-16,18,20-21,25,28H,6,17,19H2,1-5H3,(H,32,36)/t21?,25-,28?/m0/s1. The first kappa shape index (κ1) is 30.3. The Morgan fingerprint density at radius 2 is 1.55 bits per heavy atom. The molecule has 1 heterocycles. The molecule has 0 bridgehead atoms. The van der Waals surface area contributed by atoms with Gasteiger partial charge in [-0.1, -0.05) is 80.9 Å². The van der Waals surface area contributed by atoms with Crippen molar-refractivity contribution in [1.82, 2.24) is 15.1 Å². The number of carbonyl (C=O) groups excluding carboxylic acids is 5. The average molecular weight is 548 g/mol. The molecule has 2 aromatic rings. The Balaban J connectivity index is 1.94. The number of hydrogen-bond donors (Lipinski definition) is 1. The number of ether oxygens (including phenoxy) is 1. The molecule has 1 aliphatic rings. The van der Waals surface area contributed by atoms with Crippen LogP contribution in [0.15, 0.2) is 66.9 Å². The van der Waals surface area contributed by atoms with Crippen LogP contribution in [0.5, 0.6) is 0 Å². The zero-order valence-corrected chi connectivity index (χ0v) is 23.6. The summed E-state index contributed by atoms with van der Waals surface area (Å²) in [5.74, 6) is -3.40. The van der Waals surface area contributed by atoms with Crippen molar-refractivity contribution in [1.29, 1.82) is 0 Å². The Morgan fingerprint density at radius 3 is 2.10 bits per heavy atom.